The molecule has 0 bridgehead atoms. The number of methoxy groups -OCH3 is 1. The predicted molar refractivity (Wildman–Crippen MR) is 212 cm³/mol. The number of amides is 2. The first-order chi connectivity index (χ1) is 25.4. The van der Waals surface area contributed by atoms with Gasteiger partial charge >= 0.3 is 6.03 Å². The van der Waals surface area contributed by atoms with Crippen molar-refractivity contribution in [3.8, 4) is 5.75 Å². The molecule has 8 heteroatoms. The molecule has 268 valence electrons. The first kappa shape index (κ1) is 35.9. The van der Waals surface area contributed by atoms with Crippen LogP contribution in [0.15, 0.2) is 144 Å². The zero-order valence-electron chi connectivity index (χ0n) is 30.1. The number of halogens is 1. The van der Waals surface area contributed by atoms with Gasteiger partial charge in [0.2, 0.25) is 0 Å². The van der Waals surface area contributed by atoms with Crippen LogP contribution in [0.3, 0.4) is 0 Å². The number of rotatable bonds is 10. The minimum Gasteiger partial charge on any atom is -0.497 e. The van der Waals surface area contributed by atoms with Gasteiger partial charge in [0.1, 0.15) is 11.4 Å². The van der Waals surface area contributed by atoms with Crippen molar-refractivity contribution in [3.05, 3.63) is 166 Å². The van der Waals surface area contributed by atoms with Crippen molar-refractivity contribution in [1.29, 1.82) is 0 Å². The summed E-state index contributed by atoms with van der Waals surface area (Å²) in [6.07, 6.45) is 0.866. The Bertz CT molecular complexity index is 1800. The van der Waals surface area contributed by atoms with Crippen LogP contribution in [0, 0.1) is 0 Å². The highest BCUT2D eigenvalue weighted by Crippen LogP contribution is 2.46. The van der Waals surface area contributed by atoms with Gasteiger partial charge in [-0.05, 0) is 79.2 Å². The van der Waals surface area contributed by atoms with Crippen molar-refractivity contribution in [3.63, 3.8) is 0 Å². The van der Waals surface area contributed by atoms with Gasteiger partial charge < -0.3 is 24.6 Å². The van der Waals surface area contributed by atoms with Crippen molar-refractivity contribution < 1.29 is 14.3 Å². The van der Waals surface area contributed by atoms with E-state index >= 15 is 0 Å². The fourth-order valence-corrected chi connectivity index (χ4v) is 8.31. The molecule has 7 nitrogen and oxygen atoms in total. The van der Waals surface area contributed by atoms with Crippen molar-refractivity contribution in [1.82, 2.24) is 14.7 Å². The van der Waals surface area contributed by atoms with E-state index in [1.54, 1.807) is 7.11 Å². The van der Waals surface area contributed by atoms with Crippen LogP contribution < -0.4 is 10.1 Å². The summed E-state index contributed by atoms with van der Waals surface area (Å²) in [6.45, 7) is 2.67. The van der Waals surface area contributed by atoms with Gasteiger partial charge in [-0.2, -0.15) is 0 Å². The minimum atomic E-state index is -0.826. The molecule has 0 spiro atoms. The summed E-state index contributed by atoms with van der Waals surface area (Å²) in [6, 6.07) is 48.3. The first-order valence-corrected chi connectivity index (χ1v) is 18.8. The highest BCUT2D eigenvalue weighted by Gasteiger charge is 2.52. The lowest BCUT2D eigenvalue weighted by molar-refractivity contribution is -0.109. The van der Waals surface area contributed by atoms with Gasteiger partial charge in [-0.25, -0.2) is 4.79 Å². The van der Waals surface area contributed by atoms with Crippen LogP contribution in [0.1, 0.15) is 34.6 Å². The van der Waals surface area contributed by atoms with E-state index in [1.165, 1.54) is 5.56 Å². The smallest absolute Gasteiger partial charge is 0.321 e. The highest BCUT2D eigenvalue weighted by molar-refractivity contribution is 9.10. The van der Waals surface area contributed by atoms with E-state index in [9.17, 15) is 4.79 Å². The molecule has 2 aliphatic heterocycles. The molecular weight excluding hydrogens is 712 g/mol. The third kappa shape index (κ3) is 7.39. The topological polar surface area (TPSA) is 57.3 Å². The summed E-state index contributed by atoms with van der Waals surface area (Å²) < 4.78 is 13.9. The van der Waals surface area contributed by atoms with E-state index in [2.05, 4.69) is 160 Å². The summed E-state index contributed by atoms with van der Waals surface area (Å²) in [5.74, 6) is 0.898. The Hall–Kier alpha value is -4.47. The molecule has 0 aromatic heterocycles. The number of likely N-dealkylation sites (N-methyl/N-ethyl adjacent to an activating group) is 1. The molecule has 5 aromatic carbocycles. The van der Waals surface area contributed by atoms with Gasteiger partial charge in [0, 0.05) is 53.8 Å². The normalized spacial score (nSPS) is 20.7. The molecule has 1 N–H and O–H groups in total. The molecule has 7 rings (SSSR count). The summed E-state index contributed by atoms with van der Waals surface area (Å²) in [5, 5.41) is 3.16. The number of carbonyl (C=O) groups is 1. The maximum Gasteiger partial charge on any atom is 0.321 e. The average Bonchev–Trinajstić information content (AvgIpc) is 3.17. The molecule has 2 saturated heterocycles. The molecule has 4 atom stereocenters. The number of benzene rings is 5. The number of hydrogen-bond donors (Lipinski definition) is 1. The summed E-state index contributed by atoms with van der Waals surface area (Å²) in [4.78, 5) is 20.9. The molecule has 2 aliphatic rings. The molecular formula is C44H47BrN4O3. The van der Waals surface area contributed by atoms with E-state index in [1.807, 2.05) is 29.2 Å². The largest absolute Gasteiger partial charge is 0.497 e. The van der Waals surface area contributed by atoms with Crippen LogP contribution >= 0.6 is 15.9 Å². The van der Waals surface area contributed by atoms with Gasteiger partial charge in [0.15, 0.2) is 0 Å². The minimum absolute atomic E-state index is 0.0775. The van der Waals surface area contributed by atoms with Gasteiger partial charge in [-0.15, -0.1) is 0 Å². The lowest BCUT2D eigenvalue weighted by atomic mass is 9.73. The first-order valence-electron chi connectivity index (χ1n) is 18.1. The number of ether oxygens (including phenoxy) is 2. The molecule has 52 heavy (non-hydrogen) atoms. The second-order valence-electron chi connectivity index (χ2n) is 14.0. The average molecular weight is 760 g/mol. The number of hydrogen-bond acceptors (Lipinski definition) is 5. The Kier molecular flexibility index (Phi) is 11.1. The third-order valence-corrected chi connectivity index (χ3v) is 11.4. The van der Waals surface area contributed by atoms with Gasteiger partial charge in [0.25, 0.3) is 0 Å². The van der Waals surface area contributed by atoms with Crippen LogP contribution in [0.25, 0.3) is 0 Å². The molecule has 0 saturated carbocycles. The number of nitrogens with zero attached hydrogens (tertiary/aromatic N) is 3. The molecule has 2 fully saturated rings. The lowest BCUT2D eigenvalue weighted by Crippen LogP contribution is -2.70. The Balaban J connectivity index is 1.25. The molecule has 5 aromatic rings. The maximum absolute atomic E-state index is 14.0. The number of carbonyl (C=O) groups excluding carboxylic acids is 1. The maximum atomic E-state index is 14.0. The quantitative estimate of drug-likeness (QED) is 0.145. The molecule has 2 amide bonds. The second-order valence-corrected chi connectivity index (χ2v) is 14.9. The van der Waals surface area contributed by atoms with Crippen LogP contribution in [0.4, 0.5) is 10.5 Å². The Morgan fingerprint density at radius 1 is 0.788 bits per heavy atom. The molecule has 1 unspecified atom stereocenters. The zero-order chi connectivity index (χ0) is 36.1. The van der Waals surface area contributed by atoms with E-state index in [4.69, 9.17) is 9.47 Å². The standard InChI is InChI=1S/C44H47BrN4O3/c1-47(2)38-27-28-48(43(50)46-37-23-25-39(51-3)26-24-37)30-40-42(32-19-21-36(45)22-20-32)41(49(40)29-38)31-52-44(33-13-7-4-8-14-33,34-15-9-5-10-16-34)35-17-11-6-12-18-35/h4-26,38,40-42H,27-31H2,1-3H3,(H,46,50)/t38?,40-,41+,42+/m0/s1. The number of anilines is 1. The van der Waals surface area contributed by atoms with Gasteiger partial charge in [-0.3, -0.25) is 4.90 Å². The summed E-state index contributed by atoms with van der Waals surface area (Å²) in [7, 11) is 5.93. The van der Waals surface area contributed by atoms with Crippen LogP contribution in [-0.4, -0.2) is 86.3 Å². The predicted octanol–water partition coefficient (Wildman–Crippen LogP) is 8.47. The number of urea groups is 1. The molecule has 0 radical (unpaired) electrons. The fraction of sp³-hybridized carbons (Fsp3) is 0.295. The number of nitrogens with one attached hydrogen (secondary N) is 1. The monoisotopic (exact) mass is 758 g/mol. The highest BCUT2D eigenvalue weighted by atomic mass is 79.9. The van der Waals surface area contributed by atoms with E-state index in [-0.39, 0.29) is 30.1 Å². The fourth-order valence-electron chi connectivity index (χ4n) is 8.05. The Labute approximate surface area is 316 Å². The van der Waals surface area contributed by atoms with Crippen molar-refractivity contribution in [2.24, 2.45) is 0 Å². The van der Waals surface area contributed by atoms with Crippen LogP contribution in [0.5, 0.6) is 5.75 Å². The van der Waals surface area contributed by atoms with E-state index in [0.29, 0.717) is 19.7 Å². The van der Waals surface area contributed by atoms with E-state index < -0.39 is 5.60 Å². The second kappa shape index (κ2) is 16.0. The number of fused-ring (bicyclic) bond motifs is 1. The van der Waals surface area contributed by atoms with Gasteiger partial charge in [0.05, 0.1) is 13.7 Å². The van der Waals surface area contributed by atoms with E-state index in [0.717, 1.165) is 45.6 Å². The van der Waals surface area contributed by atoms with Crippen molar-refractivity contribution >= 4 is 27.6 Å². The summed E-state index contributed by atoms with van der Waals surface area (Å²) >= 11 is 3.66. The van der Waals surface area contributed by atoms with Gasteiger partial charge in [-0.1, -0.05) is 119 Å². The van der Waals surface area contributed by atoms with Crippen molar-refractivity contribution in [2.75, 3.05) is 52.8 Å². The zero-order valence-corrected chi connectivity index (χ0v) is 31.7. The molecule has 0 aliphatic carbocycles. The lowest BCUT2D eigenvalue weighted by Gasteiger charge is -2.59. The van der Waals surface area contributed by atoms with Crippen molar-refractivity contribution in [2.45, 2.75) is 36.1 Å². The molecule has 2 heterocycles. The third-order valence-electron chi connectivity index (χ3n) is 10.9. The van der Waals surface area contributed by atoms with Crippen LogP contribution in [0.2, 0.25) is 0 Å². The Morgan fingerprint density at radius 3 is 1.87 bits per heavy atom. The SMILES string of the molecule is COc1ccc(NC(=O)N2CCC(N(C)C)CN3[C@H](COC(c4ccccc4)(c4ccccc4)c4ccccc4)[C@H](c4ccc(Br)cc4)[C@@H]3C2)cc1. The summed E-state index contributed by atoms with van der Waals surface area (Å²) in [5.41, 5.74) is 4.43. The Morgan fingerprint density at radius 2 is 1.35 bits per heavy atom. The van der Waals surface area contributed by atoms with Crippen LogP contribution in [-0.2, 0) is 10.3 Å².